The number of aromatic nitrogens is 2. The monoisotopic (exact) mass is 290 g/mol. The number of nitrogens with one attached hydrogen (secondary N) is 1. The van der Waals surface area contributed by atoms with E-state index in [9.17, 15) is 18.0 Å². The third-order valence-corrected chi connectivity index (χ3v) is 3.51. The van der Waals surface area contributed by atoms with Gasteiger partial charge in [-0.2, -0.15) is 0 Å². The zero-order chi connectivity index (χ0) is 14.6. The van der Waals surface area contributed by atoms with Crippen molar-refractivity contribution < 1.29 is 13.3 Å². The molecule has 0 saturated carbocycles. The largest absolute Gasteiger partial charge is 0.408 e. The molecule has 0 unspecified atom stereocenters. The predicted molar refractivity (Wildman–Crippen MR) is 70.2 cm³/mol. The van der Waals surface area contributed by atoms with E-state index < -0.39 is 21.1 Å². The molecule has 0 aliphatic carbocycles. The van der Waals surface area contributed by atoms with E-state index in [0.29, 0.717) is 17.6 Å². The molecular formula is C11H18N2O5S. The van der Waals surface area contributed by atoms with Crippen LogP contribution in [0.5, 0.6) is 0 Å². The molecule has 0 radical (unpaired) electrons. The molecule has 1 aromatic rings. The maximum atomic E-state index is 11.8. The summed E-state index contributed by atoms with van der Waals surface area (Å²) >= 11 is 0. The van der Waals surface area contributed by atoms with Crippen LogP contribution in [0, 0.1) is 0 Å². The highest BCUT2D eigenvalue weighted by Crippen LogP contribution is 2.11. The van der Waals surface area contributed by atoms with E-state index in [0.717, 1.165) is 6.26 Å². The topological polar surface area (TPSA) is 98.2 Å². The summed E-state index contributed by atoms with van der Waals surface area (Å²) in [6.07, 6.45) is 2.40. The van der Waals surface area contributed by atoms with E-state index in [4.69, 9.17) is 4.84 Å². The van der Waals surface area contributed by atoms with Crippen LogP contribution in [-0.4, -0.2) is 31.0 Å². The van der Waals surface area contributed by atoms with Gasteiger partial charge in [0.1, 0.15) is 6.61 Å². The molecule has 0 amide bonds. The number of aromatic amines is 1. The SMILES string of the molecule is CCCOn1c(S(C)(=O)=O)c(CCC)c(=O)[nH]c1=O. The van der Waals surface area contributed by atoms with Crippen molar-refractivity contribution in [2.75, 3.05) is 12.9 Å². The Labute approximate surface area is 111 Å². The van der Waals surface area contributed by atoms with Gasteiger partial charge in [0.2, 0.25) is 0 Å². The van der Waals surface area contributed by atoms with Crippen molar-refractivity contribution >= 4 is 9.84 Å². The van der Waals surface area contributed by atoms with Crippen LogP contribution in [0.2, 0.25) is 0 Å². The third kappa shape index (κ3) is 3.46. The molecule has 7 nitrogen and oxygen atoms in total. The summed E-state index contributed by atoms with van der Waals surface area (Å²) in [5.41, 5.74) is -1.50. The molecule has 1 heterocycles. The molecule has 1 aromatic heterocycles. The molecular weight excluding hydrogens is 272 g/mol. The highest BCUT2D eigenvalue weighted by atomic mass is 32.2. The average molecular weight is 290 g/mol. The van der Waals surface area contributed by atoms with Crippen molar-refractivity contribution in [3.63, 3.8) is 0 Å². The van der Waals surface area contributed by atoms with Crippen LogP contribution in [0.15, 0.2) is 14.6 Å². The number of rotatable bonds is 6. The van der Waals surface area contributed by atoms with Crippen molar-refractivity contribution in [1.82, 2.24) is 9.71 Å². The summed E-state index contributed by atoms with van der Waals surface area (Å²) in [4.78, 5) is 30.6. The van der Waals surface area contributed by atoms with Crippen molar-refractivity contribution in [2.24, 2.45) is 0 Å². The Morgan fingerprint density at radius 1 is 1.21 bits per heavy atom. The lowest BCUT2D eigenvalue weighted by Crippen LogP contribution is -2.40. The van der Waals surface area contributed by atoms with Gasteiger partial charge in [0.25, 0.3) is 5.56 Å². The van der Waals surface area contributed by atoms with Crippen LogP contribution < -0.4 is 16.1 Å². The van der Waals surface area contributed by atoms with Gasteiger partial charge in [0.05, 0.1) is 5.56 Å². The molecule has 19 heavy (non-hydrogen) atoms. The second-order valence-corrected chi connectivity index (χ2v) is 6.12. The van der Waals surface area contributed by atoms with Crippen molar-refractivity contribution in [2.45, 2.75) is 38.1 Å². The quantitative estimate of drug-likeness (QED) is 0.727. The smallest absolute Gasteiger partial charge is 0.362 e. The second kappa shape index (κ2) is 6.05. The Bertz CT molecular complexity index is 657. The highest BCUT2D eigenvalue weighted by Gasteiger charge is 2.23. The fourth-order valence-corrected chi connectivity index (χ4v) is 2.76. The molecule has 8 heteroatoms. The summed E-state index contributed by atoms with van der Waals surface area (Å²) in [5, 5.41) is -0.350. The zero-order valence-corrected chi connectivity index (χ0v) is 12.0. The number of H-pyrrole nitrogens is 1. The Morgan fingerprint density at radius 3 is 2.32 bits per heavy atom. The minimum atomic E-state index is -3.74. The van der Waals surface area contributed by atoms with Crippen LogP contribution in [0.4, 0.5) is 0 Å². The third-order valence-electron chi connectivity index (χ3n) is 2.40. The summed E-state index contributed by atoms with van der Waals surface area (Å²) in [7, 11) is -3.74. The van der Waals surface area contributed by atoms with Gasteiger partial charge >= 0.3 is 5.69 Å². The molecule has 1 N–H and O–H groups in total. The highest BCUT2D eigenvalue weighted by molar-refractivity contribution is 7.90. The molecule has 0 aromatic carbocycles. The van der Waals surface area contributed by atoms with Crippen molar-refractivity contribution in [1.29, 1.82) is 0 Å². The Balaban J connectivity index is 3.66. The predicted octanol–water partition coefficient (Wildman–Crippen LogP) is -0.269. The second-order valence-electron chi connectivity index (χ2n) is 4.19. The number of nitrogens with zero attached hydrogens (tertiary/aromatic N) is 1. The number of hydrogen-bond donors (Lipinski definition) is 1. The van der Waals surface area contributed by atoms with Crippen LogP contribution in [0.25, 0.3) is 0 Å². The van der Waals surface area contributed by atoms with E-state index in [1.165, 1.54) is 0 Å². The van der Waals surface area contributed by atoms with E-state index >= 15 is 0 Å². The fourth-order valence-electron chi connectivity index (χ4n) is 1.68. The van der Waals surface area contributed by atoms with Gasteiger partial charge in [-0.05, 0) is 12.8 Å². The Kier molecular flexibility index (Phi) is 4.93. The van der Waals surface area contributed by atoms with Crippen LogP contribution in [0.3, 0.4) is 0 Å². The first-order valence-electron chi connectivity index (χ1n) is 6.04. The van der Waals surface area contributed by atoms with Gasteiger partial charge in [-0.25, -0.2) is 13.2 Å². The average Bonchev–Trinajstić information content (AvgIpc) is 2.29. The van der Waals surface area contributed by atoms with Gasteiger partial charge in [0.15, 0.2) is 14.9 Å². The lowest BCUT2D eigenvalue weighted by atomic mass is 10.2. The molecule has 0 atom stereocenters. The lowest BCUT2D eigenvalue weighted by Gasteiger charge is -2.14. The summed E-state index contributed by atoms with van der Waals surface area (Å²) in [6, 6.07) is 0. The molecule has 108 valence electrons. The van der Waals surface area contributed by atoms with Crippen LogP contribution in [-0.2, 0) is 16.3 Å². The molecule has 0 bridgehead atoms. The van der Waals surface area contributed by atoms with Gasteiger partial charge in [-0.15, -0.1) is 4.73 Å². The first-order valence-corrected chi connectivity index (χ1v) is 7.93. The van der Waals surface area contributed by atoms with Crippen molar-refractivity contribution in [3.05, 3.63) is 26.4 Å². The molecule has 0 aliphatic rings. The maximum absolute atomic E-state index is 11.8. The zero-order valence-electron chi connectivity index (χ0n) is 11.2. The maximum Gasteiger partial charge on any atom is 0.362 e. The summed E-state index contributed by atoms with van der Waals surface area (Å²) < 4.78 is 24.3. The van der Waals surface area contributed by atoms with E-state index in [1.54, 1.807) is 0 Å². The van der Waals surface area contributed by atoms with Gasteiger partial charge in [-0.3, -0.25) is 9.78 Å². The van der Waals surface area contributed by atoms with Crippen LogP contribution >= 0.6 is 0 Å². The molecule has 0 saturated heterocycles. The first-order chi connectivity index (χ1) is 8.82. The molecule has 0 fully saturated rings. The van der Waals surface area contributed by atoms with E-state index in [-0.39, 0.29) is 23.6 Å². The lowest BCUT2D eigenvalue weighted by molar-refractivity contribution is 0.0776. The molecule has 0 aliphatic heterocycles. The van der Waals surface area contributed by atoms with Gasteiger partial charge in [-0.1, -0.05) is 20.3 Å². The standard InChI is InChI=1S/C11H18N2O5S/c1-4-6-8-9(14)12-11(15)13(18-7-5-2)10(8)19(3,16)17/h4-7H2,1-3H3,(H,12,14,15). The van der Waals surface area contributed by atoms with Gasteiger partial charge < -0.3 is 4.84 Å². The summed E-state index contributed by atoms with van der Waals surface area (Å²) in [6.45, 7) is 3.82. The Morgan fingerprint density at radius 2 is 1.84 bits per heavy atom. The van der Waals surface area contributed by atoms with E-state index in [1.807, 2.05) is 13.8 Å². The molecule has 0 spiro atoms. The fraction of sp³-hybridized carbons (Fsp3) is 0.636. The van der Waals surface area contributed by atoms with Crippen molar-refractivity contribution in [3.8, 4) is 0 Å². The minimum absolute atomic E-state index is 0.0562. The molecule has 1 rings (SSSR count). The minimum Gasteiger partial charge on any atom is -0.408 e. The first kappa shape index (κ1) is 15.5. The van der Waals surface area contributed by atoms with E-state index in [2.05, 4.69) is 4.98 Å². The summed E-state index contributed by atoms with van der Waals surface area (Å²) in [5.74, 6) is 0. The van der Waals surface area contributed by atoms with Gasteiger partial charge in [0, 0.05) is 6.26 Å². The normalized spacial score (nSPS) is 11.5. The van der Waals surface area contributed by atoms with Crippen LogP contribution in [0.1, 0.15) is 32.3 Å². The Hall–Kier alpha value is -1.57. The number of sulfone groups is 1. The number of hydrogen-bond acceptors (Lipinski definition) is 5.